The molecule has 0 saturated heterocycles. The minimum absolute atomic E-state index is 0.288. The van der Waals surface area contributed by atoms with E-state index in [0.717, 1.165) is 36.8 Å². The highest BCUT2D eigenvalue weighted by Gasteiger charge is 2.29. The molecule has 0 atom stereocenters. The molecule has 5 heteroatoms. The molecule has 0 N–H and O–H groups in total. The van der Waals surface area contributed by atoms with Gasteiger partial charge in [0.1, 0.15) is 5.75 Å². The molecule has 0 unspecified atom stereocenters. The SMILES string of the molecule is CCCc1cccc(CCC)c1OP(=O)(OCC)OCC. The summed E-state index contributed by atoms with van der Waals surface area (Å²) in [5.74, 6) is 0.673. The van der Waals surface area contributed by atoms with Crippen molar-refractivity contribution in [2.24, 2.45) is 0 Å². The third kappa shape index (κ3) is 5.46. The largest absolute Gasteiger partial charge is 0.530 e. The fraction of sp³-hybridized carbons (Fsp3) is 0.625. The number of aryl methyl sites for hydroxylation is 2. The maximum atomic E-state index is 12.6. The predicted octanol–water partition coefficient (Wildman–Crippen LogP) is 5.15. The van der Waals surface area contributed by atoms with Crippen LogP contribution in [0.5, 0.6) is 5.75 Å². The molecule has 4 nitrogen and oxygen atoms in total. The van der Waals surface area contributed by atoms with Gasteiger partial charge in [-0.25, -0.2) is 4.57 Å². The van der Waals surface area contributed by atoms with Crippen molar-refractivity contribution in [1.82, 2.24) is 0 Å². The van der Waals surface area contributed by atoms with E-state index in [0.29, 0.717) is 5.75 Å². The normalized spacial score (nSPS) is 11.6. The lowest BCUT2D eigenvalue weighted by atomic mass is 10.0. The van der Waals surface area contributed by atoms with Gasteiger partial charge in [0.05, 0.1) is 13.2 Å². The number of phosphoric ester groups is 1. The Morgan fingerprint density at radius 3 is 1.76 bits per heavy atom. The molecule has 21 heavy (non-hydrogen) atoms. The van der Waals surface area contributed by atoms with Gasteiger partial charge in [0, 0.05) is 0 Å². The minimum atomic E-state index is -3.54. The first-order chi connectivity index (χ1) is 10.1. The van der Waals surface area contributed by atoms with Crippen LogP contribution in [0, 0.1) is 0 Å². The molecule has 0 amide bonds. The van der Waals surface area contributed by atoms with Gasteiger partial charge in [0.2, 0.25) is 0 Å². The van der Waals surface area contributed by atoms with E-state index in [9.17, 15) is 4.57 Å². The number of hydrogen-bond donors (Lipinski definition) is 0. The highest BCUT2D eigenvalue weighted by Crippen LogP contribution is 2.51. The van der Waals surface area contributed by atoms with Crippen molar-refractivity contribution in [1.29, 1.82) is 0 Å². The fourth-order valence-corrected chi connectivity index (χ4v) is 3.48. The summed E-state index contributed by atoms with van der Waals surface area (Å²) in [6.45, 7) is 8.36. The standard InChI is InChI=1S/C16H27O4P/c1-5-10-14-12-9-13-15(11-6-2)16(14)20-21(17,18-7-3)19-8-4/h9,12-13H,5-8,10-11H2,1-4H3. The molecule has 120 valence electrons. The Bertz CT molecular complexity index is 439. The summed E-state index contributed by atoms with van der Waals surface area (Å²) in [6.07, 6.45) is 3.76. The summed E-state index contributed by atoms with van der Waals surface area (Å²) >= 11 is 0. The molecule has 0 fully saturated rings. The van der Waals surface area contributed by atoms with Gasteiger partial charge in [-0.1, -0.05) is 44.9 Å². The number of rotatable bonds is 10. The lowest BCUT2D eigenvalue weighted by Crippen LogP contribution is -2.06. The Labute approximate surface area is 128 Å². The van der Waals surface area contributed by atoms with Crippen molar-refractivity contribution in [2.75, 3.05) is 13.2 Å². The van der Waals surface area contributed by atoms with Gasteiger partial charge in [-0.3, -0.25) is 9.05 Å². The van der Waals surface area contributed by atoms with Crippen LogP contribution in [0.1, 0.15) is 51.7 Å². The molecule has 1 rings (SSSR count). The highest BCUT2D eigenvalue weighted by atomic mass is 31.2. The van der Waals surface area contributed by atoms with E-state index in [1.54, 1.807) is 13.8 Å². The zero-order chi connectivity index (χ0) is 15.7. The third-order valence-corrected chi connectivity index (χ3v) is 4.55. The van der Waals surface area contributed by atoms with Gasteiger partial charge >= 0.3 is 7.82 Å². The molecule has 0 aliphatic rings. The summed E-state index contributed by atoms with van der Waals surface area (Å²) in [5.41, 5.74) is 2.12. The maximum Gasteiger partial charge on any atom is 0.530 e. The lowest BCUT2D eigenvalue weighted by Gasteiger charge is -2.21. The first-order valence-electron chi connectivity index (χ1n) is 7.79. The quantitative estimate of drug-likeness (QED) is 0.560. The minimum Gasteiger partial charge on any atom is -0.403 e. The van der Waals surface area contributed by atoms with E-state index in [2.05, 4.69) is 13.8 Å². The summed E-state index contributed by atoms with van der Waals surface area (Å²) < 4.78 is 28.9. The van der Waals surface area contributed by atoms with Gasteiger partial charge in [0.25, 0.3) is 0 Å². The van der Waals surface area contributed by atoms with Crippen molar-refractivity contribution in [3.05, 3.63) is 29.3 Å². The van der Waals surface area contributed by atoms with Crippen LogP contribution in [-0.2, 0) is 26.5 Å². The highest BCUT2D eigenvalue weighted by molar-refractivity contribution is 7.48. The summed E-state index contributed by atoms with van der Waals surface area (Å²) in [4.78, 5) is 0. The fourth-order valence-electron chi connectivity index (χ4n) is 2.21. The van der Waals surface area contributed by atoms with Crippen molar-refractivity contribution in [3.63, 3.8) is 0 Å². The first-order valence-corrected chi connectivity index (χ1v) is 9.25. The van der Waals surface area contributed by atoms with E-state index in [1.165, 1.54) is 0 Å². The molecule has 0 saturated carbocycles. The Kier molecular flexibility index (Phi) is 8.02. The predicted molar refractivity (Wildman–Crippen MR) is 85.9 cm³/mol. The average Bonchev–Trinajstić information content (AvgIpc) is 2.43. The van der Waals surface area contributed by atoms with Crippen LogP contribution in [0.15, 0.2) is 18.2 Å². The first kappa shape index (κ1) is 18.2. The topological polar surface area (TPSA) is 44.8 Å². The van der Waals surface area contributed by atoms with Crippen molar-refractivity contribution in [3.8, 4) is 5.75 Å². The molecule has 0 bridgehead atoms. The zero-order valence-electron chi connectivity index (χ0n) is 13.6. The van der Waals surface area contributed by atoms with Gasteiger partial charge in [0.15, 0.2) is 0 Å². The van der Waals surface area contributed by atoms with Gasteiger partial charge in [-0.15, -0.1) is 0 Å². The number of phosphoric acid groups is 1. The molecule has 0 heterocycles. The van der Waals surface area contributed by atoms with Crippen LogP contribution < -0.4 is 4.52 Å². The molecule has 0 aliphatic carbocycles. The molecule has 1 aromatic carbocycles. The second-order valence-corrected chi connectivity index (χ2v) is 6.37. The van der Waals surface area contributed by atoms with Crippen molar-refractivity contribution < 1.29 is 18.1 Å². The van der Waals surface area contributed by atoms with Crippen LogP contribution >= 0.6 is 7.82 Å². The lowest BCUT2D eigenvalue weighted by molar-refractivity contribution is 0.166. The van der Waals surface area contributed by atoms with E-state index < -0.39 is 7.82 Å². The molecule has 0 spiro atoms. The molecular formula is C16H27O4P. The Hall–Kier alpha value is -0.830. The van der Waals surface area contributed by atoms with Crippen LogP contribution in [0.25, 0.3) is 0 Å². The Morgan fingerprint density at radius 1 is 0.905 bits per heavy atom. The van der Waals surface area contributed by atoms with E-state index >= 15 is 0 Å². The zero-order valence-corrected chi connectivity index (χ0v) is 14.4. The van der Waals surface area contributed by atoms with Gasteiger partial charge in [-0.2, -0.15) is 0 Å². The Morgan fingerprint density at radius 2 is 1.38 bits per heavy atom. The Balaban J connectivity index is 3.15. The van der Waals surface area contributed by atoms with Crippen LogP contribution in [0.4, 0.5) is 0 Å². The second kappa shape index (κ2) is 9.24. The van der Waals surface area contributed by atoms with Gasteiger partial charge in [-0.05, 0) is 37.8 Å². The summed E-state index contributed by atoms with van der Waals surface area (Å²) in [7, 11) is -3.54. The molecule has 1 aromatic rings. The van der Waals surface area contributed by atoms with Gasteiger partial charge < -0.3 is 4.52 Å². The van der Waals surface area contributed by atoms with E-state index in [4.69, 9.17) is 13.6 Å². The molecular weight excluding hydrogens is 287 g/mol. The number of benzene rings is 1. The van der Waals surface area contributed by atoms with E-state index in [1.807, 2.05) is 18.2 Å². The molecule has 0 aromatic heterocycles. The van der Waals surface area contributed by atoms with E-state index in [-0.39, 0.29) is 13.2 Å². The summed E-state index contributed by atoms with van der Waals surface area (Å²) in [5, 5.41) is 0. The van der Waals surface area contributed by atoms with Crippen LogP contribution in [0.3, 0.4) is 0 Å². The monoisotopic (exact) mass is 314 g/mol. The smallest absolute Gasteiger partial charge is 0.403 e. The van der Waals surface area contributed by atoms with Crippen molar-refractivity contribution >= 4 is 7.82 Å². The number of para-hydroxylation sites is 1. The number of hydrogen-bond acceptors (Lipinski definition) is 4. The average molecular weight is 314 g/mol. The van der Waals surface area contributed by atoms with Crippen LogP contribution in [-0.4, -0.2) is 13.2 Å². The molecule has 0 aliphatic heterocycles. The maximum absolute atomic E-state index is 12.6. The van der Waals surface area contributed by atoms with Crippen molar-refractivity contribution in [2.45, 2.75) is 53.4 Å². The molecule has 0 radical (unpaired) electrons. The van der Waals surface area contributed by atoms with Crippen LogP contribution in [0.2, 0.25) is 0 Å². The third-order valence-electron chi connectivity index (χ3n) is 2.99. The second-order valence-electron chi connectivity index (χ2n) is 4.78. The summed E-state index contributed by atoms with van der Waals surface area (Å²) in [6, 6.07) is 6.05.